The lowest BCUT2D eigenvalue weighted by molar-refractivity contribution is 0.725. The number of aromatic nitrogens is 2. The van der Waals surface area contributed by atoms with Gasteiger partial charge in [0.1, 0.15) is 5.82 Å². The second kappa shape index (κ2) is 6.71. The van der Waals surface area contributed by atoms with E-state index in [1.807, 2.05) is 48.9 Å². The molecule has 2 rings (SSSR count). The zero-order valence-corrected chi connectivity index (χ0v) is 10.4. The fourth-order valence-electron chi connectivity index (χ4n) is 1.81. The first-order chi connectivity index (χ1) is 8.90. The van der Waals surface area contributed by atoms with Gasteiger partial charge in [-0.3, -0.25) is 4.98 Å². The van der Waals surface area contributed by atoms with Crippen molar-refractivity contribution < 1.29 is 0 Å². The molecular weight excluding hydrogens is 224 g/mol. The Labute approximate surface area is 107 Å². The third-order valence-electron chi connectivity index (χ3n) is 2.73. The molecule has 0 bridgehead atoms. The van der Waals surface area contributed by atoms with Crippen molar-refractivity contribution in [2.24, 2.45) is 5.73 Å². The molecule has 0 atom stereocenters. The van der Waals surface area contributed by atoms with E-state index in [1.54, 1.807) is 0 Å². The minimum Gasteiger partial charge on any atom is -0.352 e. The van der Waals surface area contributed by atoms with E-state index in [9.17, 15) is 0 Å². The second-order valence-corrected chi connectivity index (χ2v) is 4.11. The van der Waals surface area contributed by atoms with E-state index < -0.39 is 0 Å². The Balaban J connectivity index is 2.10. The molecule has 0 aliphatic rings. The van der Waals surface area contributed by atoms with Crippen molar-refractivity contribution in [2.45, 2.75) is 13.0 Å². The highest BCUT2D eigenvalue weighted by molar-refractivity contribution is 5.38. The molecule has 4 nitrogen and oxygen atoms in total. The number of nitrogens with zero attached hydrogens (tertiary/aromatic N) is 3. The maximum atomic E-state index is 5.59. The van der Waals surface area contributed by atoms with E-state index in [2.05, 4.69) is 14.9 Å². The highest BCUT2D eigenvalue weighted by Crippen LogP contribution is 2.13. The molecule has 2 heterocycles. The maximum absolute atomic E-state index is 5.59. The third-order valence-corrected chi connectivity index (χ3v) is 2.73. The van der Waals surface area contributed by atoms with Gasteiger partial charge in [0, 0.05) is 31.7 Å². The Hall–Kier alpha value is -1.94. The first-order valence-corrected chi connectivity index (χ1v) is 6.15. The largest absolute Gasteiger partial charge is 0.352 e. The Bertz CT molecular complexity index is 444. The van der Waals surface area contributed by atoms with Crippen molar-refractivity contribution in [1.29, 1.82) is 0 Å². The van der Waals surface area contributed by atoms with Crippen molar-refractivity contribution in [3.63, 3.8) is 0 Å². The van der Waals surface area contributed by atoms with Gasteiger partial charge < -0.3 is 10.6 Å². The van der Waals surface area contributed by atoms with Gasteiger partial charge in [0.05, 0.1) is 0 Å². The van der Waals surface area contributed by atoms with Crippen molar-refractivity contribution >= 4 is 5.82 Å². The van der Waals surface area contributed by atoms with Gasteiger partial charge in [0.2, 0.25) is 0 Å². The quantitative estimate of drug-likeness (QED) is 0.839. The molecule has 0 aromatic carbocycles. The molecule has 0 saturated heterocycles. The van der Waals surface area contributed by atoms with Crippen LogP contribution >= 0.6 is 0 Å². The molecule has 2 aromatic heterocycles. The molecule has 0 fully saturated rings. The second-order valence-electron chi connectivity index (χ2n) is 4.11. The summed E-state index contributed by atoms with van der Waals surface area (Å²) >= 11 is 0. The van der Waals surface area contributed by atoms with Crippen LogP contribution in [0.2, 0.25) is 0 Å². The Kier molecular flexibility index (Phi) is 4.67. The van der Waals surface area contributed by atoms with Gasteiger partial charge in [0.15, 0.2) is 0 Å². The Morgan fingerprint density at radius 2 is 1.89 bits per heavy atom. The van der Waals surface area contributed by atoms with E-state index in [4.69, 9.17) is 5.73 Å². The van der Waals surface area contributed by atoms with Crippen LogP contribution in [0.5, 0.6) is 0 Å². The van der Waals surface area contributed by atoms with E-state index in [0.29, 0.717) is 6.54 Å². The molecular formula is C14H18N4. The summed E-state index contributed by atoms with van der Waals surface area (Å²) in [4.78, 5) is 10.7. The summed E-state index contributed by atoms with van der Waals surface area (Å²) in [6, 6.07) is 10.0. The van der Waals surface area contributed by atoms with E-state index in [0.717, 1.165) is 25.3 Å². The number of nitrogens with two attached hydrogens (primary N) is 1. The van der Waals surface area contributed by atoms with Crippen molar-refractivity contribution in [3.05, 3.63) is 54.5 Å². The molecule has 0 unspecified atom stereocenters. The molecule has 2 N–H and O–H groups in total. The van der Waals surface area contributed by atoms with Crippen LogP contribution in [-0.2, 0) is 6.54 Å². The lowest BCUT2D eigenvalue weighted by atomic mass is 10.2. The highest BCUT2D eigenvalue weighted by Gasteiger charge is 2.07. The standard InChI is InChI=1S/C14H18N4/c15-7-3-11-18(14-4-1-2-8-17-14)12-13-5-9-16-10-6-13/h1-2,4-6,8-10H,3,7,11-12,15H2. The van der Waals surface area contributed by atoms with Gasteiger partial charge in [-0.25, -0.2) is 4.98 Å². The number of pyridine rings is 2. The van der Waals surface area contributed by atoms with E-state index >= 15 is 0 Å². The summed E-state index contributed by atoms with van der Waals surface area (Å²) < 4.78 is 0. The normalized spacial score (nSPS) is 10.3. The molecule has 0 spiro atoms. The molecule has 0 aliphatic heterocycles. The van der Waals surface area contributed by atoms with Crippen LogP contribution in [0.25, 0.3) is 0 Å². The highest BCUT2D eigenvalue weighted by atomic mass is 15.2. The van der Waals surface area contributed by atoms with Crippen LogP contribution in [0, 0.1) is 0 Å². The summed E-state index contributed by atoms with van der Waals surface area (Å²) in [6.45, 7) is 2.44. The van der Waals surface area contributed by atoms with Crippen molar-refractivity contribution in [1.82, 2.24) is 9.97 Å². The number of anilines is 1. The van der Waals surface area contributed by atoms with Gasteiger partial charge >= 0.3 is 0 Å². The molecule has 0 amide bonds. The Morgan fingerprint density at radius 3 is 2.56 bits per heavy atom. The minimum atomic E-state index is 0.694. The zero-order valence-electron chi connectivity index (χ0n) is 10.4. The van der Waals surface area contributed by atoms with Crippen LogP contribution in [0.4, 0.5) is 5.82 Å². The average molecular weight is 242 g/mol. The predicted molar refractivity (Wildman–Crippen MR) is 73.2 cm³/mol. The predicted octanol–water partition coefficient (Wildman–Crippen LogP) is 1.83. The number of hydrogen-bond donors (Lipinski definition) is 1. The number of hydrogen-bond acceptors (Lipinski definition) is 4. The molecule has 0 saturated carbocycles. The minimum absolute atomic E-state index is 0.694. The molecule has 2 aromatic rings. The molecule has 4 heteroatoms. The lowest BCUT2D eigenvalue weighted by Gasteiger charge is -2.23. The van der Waals surface area contributed by atoms with Crippen LogP contribution in [0.1, 0.15) is 12.0 Å². The third kappa shape index (κ3) is 3.53. The first kappa shape index (κ1) is 12.5. The van der Waals surface area contributed by atoms with Gasteiger partial charge in [-0.15, -0.1) is 0 Å². The average Bonchev–Trinajstić information content (AvgIpc) is 2.45. The van der Waals surface area contributed by atoms with E-state index in [-0.39, 0.29) is 0 Å². The molecule has 18 heavy (non-hydrogen) atoms. The van der Waals surface area contributed by atoms with Gasteiger partial charge in [-0.05, 0) is 42.8 Å². The fraction of sp³-hybridized carbons (Fsp3) is 0.286. The lowest BCUT2D eigenvalue weighted by Crippen LogP contribution is -2.26. The fourth-order valence-corrected chi connectivity index (χ4v) is 1.81. The molecule has 0 radical (unpaired) electrons. The molecule has 94 valence electrons. The maximum Gasteiger partial charge on any atom is 0.128 e. The van der Waals surface area contributed by atoms with Crippen LogP contribution < -0.4 is 10.6 Å². The van der Waals surface area contributed by atoms with Crippen LogP contribution in [-0.4, -0.2) is 23.1 Å². The SMILES string of the molecule is NCCCN(Cc1ccncc1)c1ccccn1. The zero-order chi connectivity index (χ0) is 12.6. The Morgan fingerprint density at radius 1 is 1.06 bits per heavy atom. The monoisotopic (exact) mass is 242 g/mol. The topological polar surface area (TPSA) is 55.0 Å². The van der Waals surface area contributed by atoms with Crippen LogP contribution in [0.3, 0.4) is 0 Å². The first-order valence-electron chi connectivity index (χ1n) is 6.15. The number of rotatable bonds is 6. The van der Waals surface area contributed by atoms with Gasteiger partial charge in [-0.2, -0.15) is 0 Å². The summed E-state index contributed by atoms with van der Waals surface area (Å²) in [7, 11) is 0. The van der Waals surface area contributed by atoms with E-state index in [1.165, 1.54) is 5.56 Å². The summed E-state index contributed by atoms with van der Waals surface area (Å²) in [5.74, 6) is 0.989. The smallest absolute Gasteiger partial charge is 0.128 e. The summed E-state index contributed by atoms with van der Waals surface area (Å²) in [6.07, 6.45) is 6.41. The van der Waals surface area contributed by atoms with Crippen molar-refractivity contribution in [3.8, 4) is 0 Å². The molecule has 0 aliphatic carbocycles. The van der Waals surface area contributed by atoms with Crippen LogP contribution in [0.15, 0.2) is 48.9 Å². The van der Waals surface area contributed by atoms with Crippen molar-refractivity contribution in [2.75, 3.05) is 18.0 Å². The van der Waals surface area contributed by atoms with Gasteiger partial charge in [-0.1, -0.05) is 6.07 Å². The summed E-state index contributed by atoms with van der Waals surface area (Å²) in [5, 5.41) is 0. The summed E-state index contributed by atoms with van der Waals surface area (Å²) in [5.41, 5.74) is 6.82. The van der Waals surface area contributed by atoms with Gasteiger partial charge in [0.25, 0.3) is 0 Å².